The Balaban J connectivity index is 2.29. The van der Waals surface area contributed by atoms with Crippen LogP contribution in [0.4, 0.5) is 5.69 Å². The highest BCUT2D eigenvalue weighted by molar-refractivity contribution is 6.32. The number of halogens is 1. The van der Waals surface area contributed by atoms with Gasteiger partial charge in [0.25, 0.3) is 5.91 Å². The van der Waals surface area contributed by atoms with E-state index in [1.54, 1.807) is 0 Å². The first-order chi connectivity index (χ1) is 10.4. The second-order valence-electron chi connectivity index (χ2n) is 4.81. The summed E-state index contributed by atoms with van der Waals surface area (Å²) >= 11 is 5.71. The molecule has 114 valence electrons. The lowest BCUT2D eigenvalue weighted by Crippen LogP contribution is -2.27. The topological polar surface area (TPSA) is 85.1 Å². The number of nitrogens with zero attached hydrogens (tertiary/aromatic N) is 2. The van der Waals surface area contributed by atoms with E-state index in [1.165, 1.54) is 12.3 Å². The molecular formula is C15H14ClN3O3. The molecule has 2 aromatic rings. The number of aromatic nitrogens is 1. The smallest absolute Gasteiger partial charge is 0.319 e. The Morgan fingerprint density at radius 3 is 2.68 bits per heavy atom. The SMILES string of the molecule is Cc1ccccc1C(C)NC(=O)c1ccnc(Cl)c1[N+](=O)[O-]. The number of rotatable bonds is 4. The Labute approximate surface area is 132 Å². The lowest BCUT2D eigenvalue weighted by molar-refractivity contribution is -0.385. The van der Waals surface area contributed by atoms with Gasteiger partial charge in [-0.1, -0.05) is 35.9 Å². The summed E-state index contributed by atoms with van der Waals surface area (Å²) in [7, 11) is 0. The van der Waals surface area contributed by atoms with Crippen molar-refractivity contribution < 1.29 is 9.72 Å². The van der Waals surface area contributed by atoms with Crippen molar-refractivity contribution in [3.8, 4) is 0 Å². The highest BCUT2D eigenvalue weighted by Gasteiger charge is 2.25. The van der Waals surface area contributed by atoms with E-state index in [2.05, 4.69) is 10.3 Å². The molecule has 0 aliphatic carbocycles. The normalized spacial score (nSPS) is 11.8. The summed E-state index contributed by atoms with van der Waals surface area (Å²) in [5.74, 6) is -0.563. The molecule has 0 aliphatic rings. The summed E-state index contributed by atoms with van der Waals surface area (Å²) in [6, 6.07) is 8.60. The average Bonchev–Trinajstić information content (AvgIpc) is 2.46. The zero-order valence-corrected chi connectivity index (χ0v) is 12.8. The number of nitrogens with one attached hydrogen (secondary N) is 1. The van der Waals surface area contributed by atoms with Gasteiger partial charge in [0.15, 0.2) is 0 Å². The summed E-state index contributed by atoms with van der Waals surface area (Å²) in [5.41, 5.74) is 1.38. The van der Waals surface area contributed by atoms with Crippen molar-refractivity contribution in [2.45, 2.75) is 19.9 Å². The molecule has 0 aliphatic heterocycles. The molecule has 1 N–H and O–H groups in total. The number of nitro groups is 1. The molecule has 22 heavy (non-hydrogen) atoms. The quantitative estimate of drug-likeness (QED) is 0.531. The number of hydrogen-bond donors (Lipinski definition) is 1. The van der Waals surface area contributed by atoms with Crippen molar-refractivity contribution >= 4 is 23.2 Å². The minimum atomic E-state index is -0.706. The summed E-state index contributed by atoms with van der Waals surface area (Å²) < 4.78 is 0. The molecule has 1 amide bonds. The lowest BCUT2D eigenvalue weighted by Gasteiger charge is -2.16. The molecule has 6 nitrogen and oxygen atoms in total. The fourth-order valence-corrected chi connectivity index (χ4v) is 2.44. The van der Waals surface area contributed by atoms with Crippen molar-refractivity contribution in [2.24, 2.45) is 0 Å². The Morgan fingerprint density at radius 2 is 2.05 bits per heavy atom. The second kappa shape index (κ2) is 6.53. The standard InChI is InChI=1S/C15H14ClN3O3/c1-9-5-3-4-6-11(9)10(2)18-15(20)12-7-8-17-14(16)13(12)19(21)22/h3-8,10H,1-2H3,(H,18,20). The fraction of sp³-hybridized carbons (Fsp3) is 0.200. The van der Waals surface area contributed by atoms with Crippen LogP contribution in [0.15, 0.2) is 36.5 Å². The van der Waals surface area contributed by atoms with Gasteiger partial charge in [0.2, 0.25) is 5.15 Å². The number of benzene rings is 1. The third-order valence-electron chi connectivity index (χ3n) is 3.31. The molecule has 1 aromatic heterocycles. The van der Waals surface area contributed by atoms with E-state index >= 15 is 0 Å². The highest BCUT2D eigenvalue weighted by atomic mass is 35.5. The minimum absolute atomic E-state index is 0.106. The maximum absolute atomic E-state index is 12.3. The first-order valence-electron chi connectivity index (χ1n) is 6.57. The van der Waals surface area contributed by atoms with Crippen molar-refractivity contribution in [1.29, 1.82) is 0 Å². The lowest BCUT2D eigenvalue weighted by atomic mass is 10.0. The van der Waals surface area contributed by atoms with Gasteiger partial charge in [-0.05, 0) is 31.0 Å². The van der Waals surface area contributed by atoms with Gasteiger partial charge in [-0.2, -0.15) is 0 Å². The van der Waals surface area contributed by atoms with Crippen LogP contribution in [0.1, 0.15) is 34.5 Å². The van der Waals surface area contributed by atoms with E-state index in [9.17, 15) is 14.9 Å². The van der Waals surface area contributed by atoms with Crippen molar-refractivity contribution in [1.82, 2.24) is 10.3 Å². The Bertz CT molecular complexity index is 734. The molecule has 0 saturated carbocycles. The van der Waals surface area contributed by atoms with Crippen LogP contribution >= 0.6 is 11.6 Å². The number of carbonyl (C=O) groups excluding carboxylic acids is 1. The minimum Gasteiger partial charge on any atom is -0.345 e. The van der Waals surface area contributed by atoms with Crippen LogP contribution in [0.3, 0.4) is 0 Å². The van der Waals surface area contributed by atoms with Crippen LogP contribution in [-0.4, -0.2) is 15.8 Å². The summed E-state index contributed by atoms with van der Waals surface area (Å²) in [5, 5.41) is 13.5. The van der Waals surface area contributed by atoms with Gasteiger partial charge in [0.05, 0.1) is 11.0 Å². The van der Waals surface area contributed by atoms with Gasteiger partial charge < -0.3 is 5.32 Å². The molecule has 2 rings (SSSR count). The maximum atomic E-state index is 12.3. The largest absolute Gasteiger partial charge is 0.345 e. The van der Waals surface area contributed by atoms with Gasteiger partial charge in [-0.3, -0.25) is 14.9 Å². The third kappa shape index (κ3) is 3.23. The van der Waals surface area contributed by atoms with Crippen LogP contribution in [0.2, 0.25) is 5.15 Å². The highest BCUT2D eigenvalue weighted by Crippen LogP contribution is 2.26. The Kier molecular flexibility index (Phi) is 4.72. The van der Waals surface area contributed by atoms with Crippen molar-refractivity contribution in [3.05, 3.63) is 68.5 Å². The molecule has 0 spiro atoms. The first kappa shape index (κ1) is 15.9. The maximum Gasteiger partial charge on any atom is 0.319 e. The number of pyridine rings is 1. The van der Waals surface area contributed by atoms with E-state index in [4.69, 9.17) is 11.6 Å². The molecule has 0 bridgehead atoms. The average molecular weight is 320 g/mol. The fourth-order valence-electron chi connectivity index (χ4n) is 2.21. The third-order valence-corrected chi connectivity index (χ3v) is 3.59. The van der Waals surface area contributed by atoms with Gasteiger partial charge >= 0.3 is 5.69 Å². The molecule has 1 unspecified atom stereocenters. The number of carbonyl (C=O) groups is 1. The van der Waals surface area contributed by atoms with Gasteiger partial charge in [0.1, 0.15) is 5.56 Å². The van der Waals surface area contributed by atoms with E-state index in [0.717, 1.165) is 11.1 Å². The molecule has 0 radical (unpaired) electrons. The number of hydrogen-bond acceptors (Lipinski definition) is 4. The molecular weight excluding hydrogens is 306 g/mol. The zero-order valence-electron chi connectivity index (χ0n) is 12.0. The summed E-state index contributed by atoms with van der Waals surface area (Å²) in [6.07, 6.45) is 1.27. The molecule has 7 heteroatoms. The molecule has 1 atom stereocenters. The van der Waals surface area contributed by atoms with E-state index in [-0.39, 0.29) is 16.8 Å². The van der Waals surface area contributed by atoms with Gasteiger partial charge in [0, 0.05) is 6.20 Å². The molecule has 0 saturated heterocycles. The molecule has 0 fully saturated rings. The second-order valence-corrected chi connectivity index (χ2v) is 5.16. The van der Waals surface area contributed by atoms with Crippen LogP contribution in [0.25, 0.3) is 0 Å². The van der Waals surface area contributed by atoms with Gasteiger partial charge in [-0.25, -0.2) is 4.98 Å². The molecule has 1 heterocycles. The van der Waals surface area contributed by atoms with E-state index in [0.29, 0.717) is 0 Å². The number of amides is 1. The van der Waals surface area contributed by atoms with Crippen LogP contribution < -0.4 is 5.32 Å². The number of aryl methyl sites for hydroxylation is 1. The van der Waals surface area contributed by atoms with Crippen LogP contribution in [0.5, 0.6) is 0 Å². The van der Waals surface area contributed by atoms with Crippen LogP contribution in [-0.2, 0) is 0 Å². The predicted octanol–water partition coefficient (Wildman–Crippen LogP) is 3.44. The van der Waals surface area contributed by atoms with Crippen molar-refractivity contribution in [2.75, 3.05) is 0 Å². The van der Waals surface area contributed by atoms with E-state index in [1.807, 2.05) is 38.1 Å². The Hall–Kier alpha value is -2.47. The summed E-state index contributed by atoms with van der Waals surface area (Å²) in [4.78, 5) is 26.3. The van der Waals surface area contributed by atoms with E-state index < -0.39 is 16.5 Å². The molecule has 1 aromatic carbocycles. The predicted molar refractivity (Wildman–Crippen MR) is 83.0 cm³/mol. The zero-order chi connectivity index (χ0) is 16.3. The summed E-state index contributed by atoms with van der Waals surface area (Å²) in [6.45, 7) is 3.75. The first-order valence-corrected chi connectivity index (χ1v) is 6.95. The van der Waals surface area contributed by atoms with Crippen molar-refractivity contribution in [3.63, 3.8) is 0 Å². The Morgan fingerprint density at radius 1 is 1.36 bits per heavy atom. The van der Waals surface area contributed by atoms with Crippen LogP contribution in [0, 0.1) is 17.0 Å². The monoisotopic (exact) mass is 319 g/mol. The van der Waals surface area contributed by atoms with Gasteiger partial charge in [-0.15, -0.1) is 0 Å².